The number of nitrogens with one attached hydrogen (secondary N) is 1. The van der Waals surface area contributed by atoms with Gasteiger partial charge in [0.05, 0.1) is 28.6 Å². The molecule has 2 heterocycles. The van der Waals surface area contributed by atoms with E-state index in [1.54, 1.807) is 54.6 Å². The fraction of sp³-hybridized carbons (Fsp3) is 0.333. The second kappa shape index (κ2) is 14.9. The van der Waals surface area contributed by atoms with E-state index in [0.717, 1.165) is 54.1 Å². The van der Waals surface area contributed by atoms with Crippen molar-refractivity contribution in [2.24, 2.45) is 5.92 Å². The number of sulfonamides is 1. The van der Waals surface area contributed by atoms with Gasteiger partial charge in [-0.3, -0.25) is 15.0 Å². The molecule has 0 amide bonds. The molecule has 2 N–H and O–H groups in total. The highest BCUT2D eigenvalue weighted by atomic mass is 32.2. The van der Waals surface area contributed by atoms with Crippen molar-refractivity contribution in [3.8, 4) is 0 Å². The van der Waals surface area contributed by atoms with Crippen molar-refractivity contribution in [2.45, 2.75) is 43.5 Å². The molecule has 4 atom stereocenters. The van der Waals surface area contributed by atoms with E-state index in [9.17, 15) is 23.6 Å². The van der Waals surface area contributed by atoms with Gasteiger partial charge in [0.1, 0.15) is 0 Å². The zero-order chi connectivity index (χ0) is 33.7. The molecule has 2 saturated heterocycles. The van der Waals surface area contributed by atoms with Gasteiger partial charge in [-0.15, -0.1) is 0 Å². The van der Waals surface area contributed by atoms with Crippen LogP contribution in [0.25, 0.3) is 0 Å². The Morgan fingerprint density at radius 3 is 2.08 bits per heavy atom. The van der Waals surface area contributed by atoms with E-state index in [1.807, 2.05) is 48.5 Å². The van der Waals surface area contributed by atoms with Crippen LogP contribution in [0.5, 0.6) is 0 Å². The number of non-ortho nitro benzene ring substituents is 1. The minimum absolute atomic E-state index is 0.0283. The number of hydrogen-bond acceptors (Lipinski definition) is 9. The molecule has 4 aromatic rings. The van der Waals surface area contributed by atoms with Gasteiger partial charge in [-0.1, -0.05) is 73.7 Å². The van der Waals surface area contributed by atoms with Gasteiger partial charge in [-0.25, -0.2) is 13.1 Å². The van der Waals surface area contributed by atoms with Crippen molar-refractivity contribution < 1.29 is 27.9 Å². The van der Waals surface area contributed by atoms with E-state index in [-0.39, 0.29) is 46.8 Å². The predicted octanol–water partition coefficient (Wildman–Crippen LogP) is 5.18. The highest BCUT2D eigenvalue weighted by Gasteiger charge is 2.39. The number of aliphatic hydroxyl groups is 1. The van der Waals surface area contributed by atoms with Crippen LogP contribution in [0.2, 0.25) is 0 Å². The molecular formula is C36H40N4O7S. The first-order valence-corrected chi connectivity index (χ1v) is 17.5. The van der Waals surface area contributed by atoms with Crippen LogP contribution in [0.3, 0.4) is 0 Å². The first-order chi connectivity index (χ1) is 23.2. The standard InChI is InChI=1S/C36H40N4O7S/c1-26-34(24-38-19-21-39(22-20-38)31-15-17-32(18-16-31)40(42)43)46-36(47-35(26)29-11-9-28(25-41)10-12-29)30-13-7-27(8-14-30)23-37-48(44,45)33-5-3-2-4-6-33/h2-18,26,34-37,41H,19-25H2,1H3. The van der Waals surface area contributed by atoms with Crippen molar-refractivity contribution in [3.63, 3.8) is 0 Å². The zero-order valence-electron chi connectivity index (χ0n) is 26.7. The van der Waals surface area contributed by atoms with E-state index in [2.05, 4.69) is 21.4 Å². The SMILES string of the molecule is CC1C(CN2CCN(c3ccc([N+](=O)[O-])cc3)CC2)OC(c2ccc(CNS(=O)(=O)c3ccccc3)cc2)OC1c1ccc(CO)cc1. The summed E-state index contributed by atoms with van der Waals surface area (Å²) in [6, 6.07) is 30.4. The topological polar surface area (TPSA) is 134 Å². The Morgan fingerprint density at radius 1 is 0.833 bits per heavy atom. The average molecular weight is 673 g/mol. The van der Waals surface area contributed by atoms with Crippen molar-refractivity contribution in [1.82, 2.24) is 9.62 Å². The molecule has 2 fully saturated rings. The van der Waals surface area contributed by atoms with Gasteiger partial charge >= 0.3 is 0 Å². The number of nitro benzene ring substituents is 1. The first-order valence-electron chi connectivity index (χ1n) is 16.1. The summed E-state index contributed by atoms with van der Waals surface area (Å²) < 4.78 is 41.3. The Labute approximate surface area is 280 Å². The maximum absolute atomic E-state index is 12.7. The fourth-order valence-corrected chi connectivity index (χ4v) is 7.25. The van der Waals surface area contributed by atoms with Gasteiger partial charge in [0.25, 0.3) is 5.69 Å². The maximum Gasteiger partial charge on any atom is 0.269 e. The van der Waals surface area contributed by atoms with E-state index < -0.39 is 16.3 Å². The summed E-state index contributed by atoms with van der Waals surface area (Å²) in [6.07, 6.45) is -1.03. The Bertz CT molecular complexity index is 1760. The molecule has 0 aromatic heterocycles. The number of hydrogen-bond donors (Lipinski definition) is 2. The molecule has 0 spiro atoms. The molecule has 0 saturated carbocycles. The fourth-order valence-electron chi connectivity index (χ4n) is 6.21. The Kier molecular flexibility index (Phi) is 10.5. The summed E-state index contributed by atoms with van der Waals surface area (Å²) in [7, 11) is -3.63. The second-order valence-corrected chi connectivity index (χ2v) is 14.0. The largest absolute Gasteiger partial charge is 0.392 e. The zero-order valence-corrected chi connectivity index (χ0v) is 27.5. The molecule has 6 rings (SSSR count). The van der Waals surface area contributed by atoms with Crippen LogP contribution in [0.1, 0.15) is 41.6 Å². The van der Waals surface area contributed by atoms with E-state index in [1.165, 1.54) is 0 Å². The highest BCUT2D eigenvalue weighted by Crippen LogP contribution is 2.42. The number of piperazine rings is 1. The third-order valence-corrected chi connectivity index (χ3v) is 10.5. The van der Waals surface area contributed by atoms with Gasteiger partial charge < -0.3 is 19.5 Å². The summed E-state index contributed by atoms with van der Waals surface area (Å²) >= 11 is 0. The smallest absolute Gasteiger partial charge is 0.269 e. The third kappa shape index (κ3) is 7.92. The van der Waals surface area contributed by atoms with Crippen molar-refractivity contribution in [2.75, 3.05) is 37.6 Å². The monoisotopic (exact) mass is 672 g/mol. The first kappa shape index (κ1) is 33.7. The summed E-state index contributed by atoms with van der Waals surface area (Å²) in [6.45, 7) is 6.18. The lowest BCUT2D eigenvalue weighted by Crippen LogP contribution is -2.51. The Hall–Kier alpha value is -4.17. The van der Waals surface area contributed by atoms with E-state index in [4.69, 9.17) is 9.47 Å². The minimum Gasteiger partial charge on any atom is -0.392 e. The van der Waals surface area contributed by atoms with Gasteiger partial charge in [-0.05, 0) is 41.0 Å². The second-order valence-electron chi connectivity index (χ2n) is 12.3. The van der Waals surface area contributed by atoms with Crippen LogP contribution in [0.15, 0.2) is 108 Å². The van der Waals surface area contributed by atoms with Crippen molar-refractivity contribution >= 4 is 21.4 Å². The number of rotatable bonds is 11. The molecule has 0 bridgehead atoms. The molecule has 0 aliphatic carbocycles. The lowest BCUT2D eigenvalue weighted by molar-refractivity contribution is -0.384. The number of anilines is 1. The van der Waals surface area contributed by atoms with Crippen LogP contribution in [0.4, 0.5) is 11.4 Å². The molecule has 12 heteroatoms. The lowest BCUT2D eigenvalue weighted by atomic mass is 9.90. The quantitative estimate of drug-likeness (QED) is 0.163. The van der Waals surface area contributed by atoms with Gasteiger partial charge in [0, 0.05) is 68.6 Å². The van der Waals surface area contributed by atoms with Crippen molar-refractivity contribution in [1.29, 1.82) is 0 Å². The van der Waals surface area contributed by atoms with E-state index >= 15 is 0 Å². The molecule has 0 radical (unpaired) electrons. The summed E-state index contributed by atoms with van der Waals surface area (Å²) in [5, 5.41) is 20.6. The van der Waals surface area contributed by atoms with E-state index in [0.29, 0.717) is 6.54 Å². The van der Waals surface area contributed by atoms with Gasteiger partial charge in [0.2, 0.25) is 10.0 Å². The predicted molar refractivity (Wildman–Crippen MR) is 182 cm³/mol. The van der Waals surface area contributed by atoms with Gasteiger partial charge in [0.15, 0.2) is 6.29 Å². The lowest BCUT2D eigenvalue weighted by Gasteiger charge is -2.44. The van der Waals surface area contributed by atoms with Crippen LogP contribution in [-0.4, -0.2) is 62.2 Å². The Morgan fingerprint density at radius 2 is 1.46 bits per heavy atom. The third-order valence-electron chi connectivity index (χ3n) is 9.13. The van der Waals surface area contributed by atoms with Crippen molar-refractivity contribution in [3.05, 3.63) is 135 Å². The highest BCUT2D eigenvalue weighted by molar-refractivity contribution is 7.89. The molecule has 11 nitrogen and oxygen atoms in total. The average Bonchev–Trinajstić information content (AvgIpc) is 3.12. The molecule has 4 aromatic carbocycles. The molecule has 2 aliphatic heterocycles. The molecule has 4 unspecified atom stereocenters. The van der Waals surface area contributed by atoms with Gasteiger partial charge in [-0.2, -0.15) is 0 Å². The van der Waals surface area contributed by atoms with Crippen LogP contribution >= 0.6 is 0 Å². The Balaban J connectivity index is 1.14. The number of nitro groups is 1. The summed E-state index contributed by atoms with van der Waals surface area (Å²) in [4.78, 5) is 15.5. The number of nitrogens with zero attached hydrogens (tertiary/aromatic N) is 3. The number of aliphatic hydroxyl groups excluding tert-OH is 1. The molecular weight excluding hydrogens is 632 g/mol. The van der Waals surface area contributed by atoms with Crippen LogP contribution in [-0.2, 0) is 32.6 Å². The molecule has 252 valence electrons. The summed E-state index contributed by atoms with van der Waals surface area (Å²) in [5.74, 6) is 0.0283. The normalized spacial score (nSPS) is 22.0. The summed E-state index contributed by atoms with van der Waals surface area (Å²) in [5.41, 5.74) is 4.53. The number of ether oxygens (including phenoxy) is 2. The maximum atomic E-state index is 12.7. The van der Waals surface area contributed by atoms with Crippen LogP contribution < -0.4 is 9.62 Å². The number of benzene rings is 4. The molecule has 48 heavy (non-hydrogen) atoms. The minimum atomic E-state index is -3.63. The molecule has 2 aliphatic rings. The van der Waals surface area contributed by atoms with Crippen LogP contribution in [0, 0.1) is 16.0 Å².